The quantitative estimate of drug-likeness (QED) is 0.205. The van der Waals surface area contributed by atoms with Crippen LogP contribution in [0.2, 0.25) is 0 Å². The topological polar surface area (TPSA) is 39.8 Å². The van der Waals surface area contributed by atoms with Crippen molar-refractivity contribution in [1.29, 1.82) is 0 Å². The second-order valence-corrected chi connectivity index (χ2v) is 11.9. The smallest absolute Gasteiger partial charge is 0.283 e. The third-order valence-corrected chi connectivity index (χ3v) is 8.89. The van der Waals surface area contributed by atoms with E-state index < -0.39 is 0 Å². The largest absolute Gasteiger partial charge is 0.497 e. The number of fused-ring (bicyclic) bond motifs is 2. The van der Waals surface area contributed by atoms with E-state index in [9.17, 15) is 5.11 Å². The second-order valence-electron chi connectivity index (χ2n) is 10.8. The number of methoxy groups -OCH3 is 1. The van der Waals surface area contributed by atoms with Crippen LogP contribution in [0, 0.1) is 0 Å². The number of hydrogen-bond donors (Lipinski definition) is 1. The molecule has 1 aliphatic rings. The molecular weight excluding hydrogens is 516 g/mol. The predicted molar refractivity (Wildman–Crippen MR) is 168 cm³/mol. The van der Waals surface area contributed by atoms with E-state index in [4.69, 9.17) is 4.74 Å². The molecule has 0 bridgehead atoms. The van der Waals surface area contributed by atoms with Gasteiger partial charge in [-0.3, -0.25) is 4.90 Å². The van der Waals surface area contributed by atoms with Crippen LogP contribution in [0.4, 0.5) is 11.5 Å². The van der Waals surface area contributed by atoms with E-state index in [-0.39, 0.29) is 6.61 Å². The first kappa shape index (κ1) is 28.0. The molecule has 0 spiro atoms. The molecule has 2 heterocycles. The molecule has 40 heavy (non-hydrogen) atoms. The van der Waals surface area contributed by atoms with Crippen LogP contribution in [-0.2, 0) is 0 Å². The van der Waals surface area contributed by atoms with Crippen LogP contribution in [0.5, 0.6) is 5.75 Å². The highest BCUT2D eigenvalue weighted by Crippen LogP contribution is 2.46. The van der Waals surface area contributed by atoms with Gasteiger partial charge in [0.2, 0.25) is 0 Å². The van der Waals surface area contributed by atoms with Gasteiger partial charge in [0.15, 0.2) is 0 Å². The number of hydrogen-bond acceptors (Lipinski definition) is 5. The van der Waals surface area contributed by atoms with E-state index >= 15 is 0 Å². The third-order valence-electron chi connectivity index (χ3n) is 7.72. The fraction of sp³-hybridized carbons (Fsp3) is 0.303. The number of thioether (sulfide) groups is 1. The van der Waals surface area contributed by atoms with Gasteiger partial charge < -0.3 is 19.2 Å². The highest BCUT2D eigenvalue weighted by atomic mass is 32.2. The SMILES string of the molecule is CCN(CC[N+](C)(C)CCO)c1cc(/C=C2\Sc3ccccc3N2C)c2ccc(OC)cc2[n+]1-c1ccccc1. The molecule has 0 amide bonds. The number of anilines is 2. The summed E-state index contributed by atoms with van der Waals surface area (Å²) < 4.78 is 8.83. The van der Waals surface area contributed by atoms with Crippen molar-refractivity contribution in [3.05, 3.63) is 89.5 Å². The highest BCUT2D eigenvalue weighted by Gasteiger charge is 2.28. The van der Waals surface area contributed by atoms with Crippen LogP contribution >= 0.6 is 11.8 Å². The summed E-state index contributed by atoms with van der Waals surface area (Å²) in [5.41, 5.74) is 4.61. The molecule has 5 rings (SSSR count). The molecule has 1 N–H and O–H groups in total. The number of benzene rings is 3. The zero-order chi connectivity index (χ0) is 28.3. The van der Waals surface area contributed by atoms with Gasteiger partial charge in [0.05, 0.1) is 45.1 Å². The molecule has 0 saturated heterocycles. The minimum Gasteiger partial charge on any atom is -0.497 e. The van der Waals surface area contributed by atoms with Crippen LogP contribution < -0.4 is 19.1 Å². The number of aliphatic hydroxyl groups excluding tert-OH is 1. The van der Waals surface area contributed by atoms with Crippen LogP contribution in [0.3, 0.4) is 0 Å². The van der Waals surface area contributed by atoms with E-state index in [2.05, 4.69) is 121 Å². The van der Waals surface area contributed by atoms with Gasteiger partial charge in [-0.15, -0.1) is 0 Å². The number of likely N-dealkylation sites (N-methyl/N-ethyl adjacent to an activating group) is 2. The Kier molecular flexibility index (Phi) is 8.35. The van der Waals surface area contributed by atoms with E-state index in [0.717, 1.165) is 53.4 Å². The molecule has 1 aliphatic heterocycles. The van der Waals surface area contributed by atoms with Gasteiger partial charge in [0.1, 0.15) is 36.6 Å². The molecular formula is C33H40N4O2S+2. The number of nitrogens with zero attached hydrogens (tertiary/aromatic N) is 4. The lowest BCUT2D eigenvalue weighted by Gasteiger charge is -2.30. The van der Waals surface area contributed by atoms with Crippen LogP contribution in [0.15, 0.2) is 88.8 Å². The van der Waals surface area contributed by atoms with Gasteiger partial charge in [-0.05, 0) is 55.0 Å². The highest BCUT2D eigenvalue weighted by molar-refractivity contribution is 8.03. The van der Waals surface area contributed by atoms with Crippen LogP contribution in [0.1, 0.15) is 12.5 Å². The maximum Gasteiger partial charge on any atom is 0.283 e. The van der Waals surface area contributed by atoms with Gasteiger partial charge in [0.25, 0.3) is 5.82 Å². The molecule has 0 fully saturated rings. The van der Waals surface area contributed by atoms with Gasteiger partial charge >= 0.3 is 0 Å². The molecule has 0 aliphatic carbocycles. The first-order valence-electron chi connectivity index (χ1n) is 13.9. The lowest BCUT2D eigenvalue weighted by Crippen LogP contribution is -2.49. The standard InChI is InChI=1S/C33H40N4O2S/c1-6-35(18-19-37(3,4)20-21-38)32-22-25(23-33-34(2)29-14-10-11-15-31(29)40-33)28-17-16-27(39-5)24-30(28)36(32)26-12-8-7-9-13-26/h7-17,22-24,38H,6,18-21H2,1-5H3/q+2. The summed E-state index contributed by atoms with van der Waals surface area (Å²) in [6.07, 6.45) is 2.32. The Bertz CT molecular complexity index is 1520. The summed E-state index contributed by atoms with van der Waals surface area (Å²) >= 11 is 1.81. The van der Waals surface area contributed by atoms with Gasteiger partial charge in [-0.1, -0.05) is 42.1 Å². The van der Waals surface area contributed by atoms with Crippen molar-refractivity contribution in [3.63, 3.8) is 0 Å². The molecule has 4 aromatic rings. The van der Waals surface area contributed by atoms with Crippen molar-refractivity contribution in [2.24, 2.45) is 0 Å². The van der Waals surface area contributed by atoms with Crippen LogP contribution in [-0.4, -0.2) is 70.6 Å². The monoisotopic (exact) mass is 556 g/mol. The van der Waals surface area contributed by atoms with Crippen molar-refractivity contribution in [3.8, 4) is 11.4 Å². The maximum atomic E-state index is 9.60. The Morgan fingerprint density at radius 2 is 1.75 bits per heavy atom. The van der Waals surface area contributed by atoms with E-state index in [0.29, 0.717) is 0 Å². The molecule has 0 saturated carbocycles. The zero-order valence-corrected chi connectivity index (χ0v) is 25.0. The minimum atomic E-state index is 0.185. The summed E-state index contributed by atoms with van der Waals surface area (Å²) in [5.74, 6) is 1.96. The molecule has 1 aromatic heterocycles. The summed E-state index contributed by atoms with van der Waals surface area (Å²) in [7, 11) is 8.23. The normalized spacial score (nSPS) is 14.2. The average Bonchev–Trinajstić information content (AvgIpc) is 3.28. The van der Waals surface area contributed by atoms with Crippen molar-refractivity contribution in [2.45, 2.75) is 11.8 Å². The van der Waals surface area contributed by atoms with Gasteiger partial charge in [-0.2, -0.15) is 4.57 Å². The van der Waals surface area contributed by atoms with Crippen molar-refractivity contribution >= 4 is 40.2 Å². The second kappa shape index (κ2) is 11.9. The molecule has 6 nitrogen and oxygen atoms in total. The fourth-order valence-corrected chi connectivity index (χ4v) is 6.36. The number of aromatic nitrogens is 1. The lowest BCUT2D eigenvalue weighted by molar-refractivity contribution is -0.889. The average molecular weight is 557 g/mol. The number of quaternary nitrogens is 1. The Balaban J connectivity index is 1.71. The van der Waals surface area contributed by atoms with Crippen molar-refractivity contribution in [1.82, 2.24) is 0 Å². The molecule has 208 valence electrons. The Morgan fingerprint density at radius 3 is 2.45 bits per heavy atom. The number of ether oxygens (including phenoxy) is 1. The maximum absolute atomic E-state index is 9.60. The van der Waals surface area contributed by atoms with E-state index in [1.165, 1.54) is 26.6 Å². The number of aliphatic hydroxyl groups is 1. The summed E-state index contributed by atoms with van der Waals surface area (Å²) in [5, 5.41) is 12.0. The number of para-hydroxylation sites is 2. The first-order chi connectivity index (χ1) is 19.3. The molecule has 0 unspecified atom stereocenters. The predicted octanol–water partition coefficient (Wildman–Crippen LogP) is 5.56. The van der Waals surface area contributed by atoms with E-state index in [1.54, 1.807) is 7.11 Å². The molecule has 7 heteroatoms. The fourth-order valence-electron chi connectivity index (χ4n) is 5.26. The Hall–Kier alpha value is -3.52. The van der Waals surface area contributed by atoms with Gasteiger partial charge in [-0.25, -0.2) is 0 Å². The molecule has 3 aromatic carbocycles. The zero-order valence-electron chi connectivity index (χ0n) is 24.2. The van der Waals surface area contributed by atoms with Crippen LogP contribution in [0.25, 0.3) is 22.7 Å². The molecule has 0 atom stereocenters. The number of pyridine rings is 1. The lowest BCUT2D eigenvalue weighted by atomic mass is 10.1. The van der Waals surface area contributed by atoms with Crippen molar-refractivity contribution < 1.29 is 18.9 Å². The number of rotatable bonds is 10. The minimum absolute atomic E-state index is 0.185. The summed E-state index contributed by atoms with van der Waals surface area (Å²) in [6, 6.07) is 27.8. The Morgan fingerprint density at radius 1 is 1.00 bits per heavy atom. The summed E-state index contributed by atoms with van der Waals surface area (Å²) in [6.45, 7) is 5.77. The first-order valence-corrected chi connectivity index (χ1v) is 14.7. The van der Waals surface area contributed by atoms with E-state index in [1.807, 2.05) is 17.8 Å². The Labute approximate surface area is 242 Å². The third kappa shape index (κ3) is 5.68. The summed E-state index contributed by atoms with van der Waals surface area (Å²) in [4.78, 5) is 6.00. The van der Waals surface area contributed by atoms with Crippen molar-refractivity contribution in [2.75, 3.05) is 70.8 Å². The van der Waals surface area contributed by atoms with Gasteiger partial charge in [0, 0.05) is 29.5 Å². The molecule has 0 radical (unpaired) electrons.